The smallest absolute Gasteiger partial charge is 0.341 e. The quantitative estimate of drug-likeness (QED) is 0.786. The van der Waals surface area contributed by atoms with Gasteiger partial charge in [-0.1, -0.05) is 23.7 Å². The van der Waals surface area contributed by atoms with E-state index in [0.29, 0.717) is 10.6 Å². The summed E-state index contributed by atoms with van der Waals surface area (Å²) in [4.78, 5) is 11.6. The maximum absolute atomic E-state index is 11.6. The number of benzene rings is 1. The fraction of sp³-hybridized carbons (Fsp3) is 0.167. The fourth-order valence-corrected chi connectivity index (χ4v) is 1.60. The summed E-state index contributed by atoms with van der Waals surface area (Å²) >= 11 is 5.83. The first kappa shape index (κ1) is 11.7. The van der Waals surface area contributed by atoms with Gasteiger partial charge < -0.3 is 4.74 Å². The van der Waals surface area contributed by atoms with Gasteiger partial charge in [-0.15, -0.1) is 0 Å². The lowest BCUT2D eigenvalue weighted by molar-refractivity contribution is 0.0472. The molecule has 17 heavy (non-hydrogen) atoms. The normalized spacial score (nSPS) is 10.2. The first-order chi connectivity index (χ1) is 8.15. The molecule has 1 aromatic carbocycles. The van der Waals surface area contributed by atoms with Crippen molar-refractivity contribution in [3.05, 3.63) is 52.8 Å². The van der Waals surface area contributed by atoms with Crippen LogP contribution in [0.2, 0.25) is 5.02 Å². The standard InChI is InChI=1S/C12H11ClN2O2/c1-15-7-10(6-14-15)12(16)17-8-9-3-2-4-11(13)5-9/h2-7H,8H2,1H3. The molecule has 0 atom stereocenters. The maximum atomic E-state index is 11.6. The van der Waals surface area contributed by atoms with E-state index in [9.17, 15) is 4.79 Å². The molecule has 0 bridgehead atoms. The lowest BCUT2D eigenvalue weighted by Crippen LogP contribution is -2.04. The van der Waals surface area contributed by atoms with Crippen molar-refractivity contribution < 1.29 is 9.53 Å². The van der Waals surface area contributed by atoms with Gasteiger partial charge >= 0.3 is 5.97 Å². The molecule has 2 aromatic rings. The zero-order valence-corrected chi connectivity index (χ0v) is 10.0. The Bertz CT molecular complexity index is 537. The van der Waals surface area contributed by atoms with Gasteiger partial charge in [0.25, 0.3) is 0 Å². The van der Waals surface area contributed by atoms with Crippen LogP contribution in [-0.2, 0) is 18.4 Å². The van der Waals surface area contributed by atoms with Crippen LogP contribution < -0.4 is 0 Å². The molecular formula is C12H11ClN2O2. The predicted octanol–water partition coefficient (Wildman–Crippen LogP) is 2.43. The molecule has 0 spiro atoms. The van der Waals surface area contributed by atoms with E-state index in [1.54, 1.807) is 30.1 Å². The molecule has 0 aliphatic heterocycles. The number of carbonyl (C=O) groups is 1. The molecule has 0 unspecified atom stereocenters. The van der Waals surface area contributed by atoms with E-state index >= 15 is 0 Å². The first-order valence-electron chi connectivity index (χ1n) is 5.05. The third kappa shape index (κ3) is 3.07. The topological polar surface area (TPSA) is 44.1 Å². The predicted molar refractivity (Wildman–Crippen MR) is 63.8 cm³/mol. The number of aromatic nitrogens is 2. The van der Waals surface area contributed by atoms with Gasteiger partial charge in [0.15, 0.2) is 0 Å². The molecule has 0 saturated heterocycles. The summed E-state index contributed by atoms with van der Waals surface area (Å²) in [6.07, 6.45) is 3.08. The van der Waals surface area contributed by atoms with Gasteiger partial charge in [0.05, 0.1) is 11.8 Å². The van der Waals surface area contributed by atoms with Crippen molar-refractivity contribution in [1.82, 2.24) is 9.78 Å². The Labute approximate surface area is 104 Å². The third-order valence-corrected chi connectivity index (χ3v) is 2.43. The van der Waals surface area contributed by atoms with Crippen molar-refractivity contribution in [2.45, 2.75) is 6.61 Å². The summed E-state index contributed by atoms with van der Waals surface area (Å²) in [6.45, 7) is 0.203. The summed E-state index contributed by atoms with van der Waals surface area (Å²) in [5.74, 6) is -0.391. The van der Waals surface area contributed by atoms with Crippen molar-refractivity contribution in [2.75, 3.05) is 0 Å². The van der Waals surface area contributed by atoms with Crippen molar-refractivity contribution >= 4 is 17.6 Å². The highest BCUT2D eigenvalue weighted by molar-refractivity contribution is 6.30. The van der Waals surface area contributed by atoms with E-state index in [1.807, 2.05) is 12.1 Å². The first-order valence-corrected chi connectivity index (χ1v) is 5.43. The molecule has 1 aromatic heterocycles. The van der Waals surface area contributed by atoms with Crippen LogP contribution in [-0.4, -0.2) is 15.7 Å². The van der Waals surface area contributed by atoms with Gasteiger partial charge in [-0.05, 0) is 17.7 Å². The molecular weight excluding hydrogens is 240 g/mol. The number of rotatable bonds is 3. The molecule has 0 aliphatic carbocycles. The molecule has 0 radical (unpaired) electrons. The summed E-state index contributed by atoms with van der Waals surface area (Å²) in [5.41, 5.74) is 1.30. The number of nitrogens with zero attached hydrogens (tertiary/aromatic N) is 2. The van der Waals surface area contributed by atoms with E-state index in [2.05, 4.69) is 5.10 Å². The van der Waals surface area contributed by atoms with Crippen molar-refractivity contribution in [1.29, 1.82) is 0 Å². The highest BCUT2D eigenvalue weighted by Crippen LogP contribution is 2.12. The molecule has 0 amide bonds. The van der Waals surface area contributed by atoms with Crippen LogP contribution in [0.5, 0.6) is 0 Å². The fourth-order valence-electron chi connectivity index (χ4n) is 1.39. The summed E-state index contributed by atoms with van der Waals surface area (Å²) in [5, 5.41) is 4.53. The highest BCUT2D eigenvalue weighted by Gasteiger charge is 2.09. The average Bonchev–Trinajstić information content (AvgIpc) is 2.73. The Kier molecular flexibility index (Phi) is 3.44. The van der Waals surface area contributed by atoms with E-state index in [1.165, 1.54) is 6.20 Å². The van der Waals surface area contributed by atoms with Crippen LogP contribution in [0.1, 0.15) is 15.9 Å². The van der Waals surface area contributed by atoms with Crippen LogP contribution in [0.25, 0.3) is 0 Å². The molecule has 4 nitrogen and oxygen atoms in total. The maximum Gasteiger partial charge on any atom is 0.341 e. The number of ether oxygens (including phenoxy) is 1. The van der Waals surface area contributed by atoms with Crippen LogP contribution in [0, 0.1) is 0 Å². The number of aryl methyl sites for hydroxylation is 1. The van der Waals surface area contributed by atoms with Crippen molar-refractivity contribution in [3.8, 4) is 0 Å². The largest absolute Gasteiger partial charge is 0.457 e. The molecule has 0 aliphatic rings. The van der Waals surface area contributed by atoms with Crippen LogP contribution in [0.15, 0.2) is 36.7 Å². The summed E-state index contributed by atoms with van der Waals surface area (Å²) in [7, 11) is 1.74. The van der Waals surface area contributed by atoms with E-state index in [-0.39, 0.29) is 6.61 Å². The minimum absolute atomic E-state index is 0.203. The molecule has 1 heterocycles. The van der Waals surface area contributed by atoms with Gasteiger partial charge in [-0.25, -0.2) is 4.79 Å². The second kappa shape index (κ2) is 5.01. The van der Waals surface area contributed by atoms with Crippen molar-refractivity contribution in [3.63, 3.8) is 0 Å². The number of halogens is 1. The zero-order valence-electron chi connectivity index (χ0n) is 9.26. The number of esters is 1. The molecule has 5 heteroatoms. The van der Waals surface area contributed by atoms with E-state index in [0.717, 1.165) is 5.56 Å². The molecule has 88 valence electrons. The Morgan fingerprint density at radius 1 is 1.53 bits per heavy atom. The van der Waals surface area contributed by atoms with Gasteiger partial charge in [-0.2, -0.15) is 5.10 Å². The number of carbonyl (C=O) groups excluding carboxylic acids is 1. The Hall–Kier alpha value is -1.81. The lowest BCUT2D eigenvalue weighted by atomic mass is 10.2. The molecule has 0 N–H and O–H groups in total. The second-order valence-corrected chi connectivity index (χ2v) is 4.05. The summed E-state index contributed by atoms with van der Waals surface area (Å²) in [6, 6.07) is 7.20. The van der Waals surface area contributed by atoms with Gasteiger partial charge in [0.1, 0.15) is 6.61 Å². The van der Waals surface area contributed by atoms with Crippen LogP contribution in [0.4, 0.5) is 0 Å². The zero-order chi connectivity index (χ0) is 12.3. The lowest BCUT2D eigenvalue weighted by Gasteiger charge is -2.03. The molecule has 0 fully saturated rings. The number of hydrogen-bond donors (Lipinski definition) is 0. The Morgan fingerprint density at radius 2 is 2.35 bits per heavy atom. The minimum atomic E-state index is -0.391. The van der Waals surface area contributed by atoms with Gasteiger partial charge in [-0.3, -0.25) is 4.68 Å². The third-order valence-electron chi connectivity index (χ3n) is 2.20. The number of hydrogen-bond acceptors (Lipinski definition) is 3. The SMILES string of the molecule is Cn1cc(C(=O)OCc2cccc(Cl)c2)cn1. The van der Waals surface area contributed by atoms with Crippen LogP contribution >= 0.6 is 11.6 Å². The van der Waals surface area contributed by atoms with Crippen LogP contribution in [0.3, 0.4) is 0 Å². The average molecular weight is 251 g/mol. The second-order valence-electron chi connectivity index (χ2n) is 3.61. The Balaban J connectivity index is 1.97. The molecule has 0 saturated carbocycles. The minimum Gasteiger partial charge on any atom is -0.457 e. The monoisotopic (exact) mass is 250 g/mol. The Morgan fingerprint density at radius 3 is 3.00 bits per heavy atom. The van der Waals surface area contributed by atoms with Gasteiger partial charge in [0.2, 0.25) is 0 Å². The van der Waals surface area contributed by atoms with E-state index in [4.69, 9.17) is 16.3 Å². The highest BCUT2D eigenvalue weighted by atomic mass is 35.5. The summed E-state index contributed by atoms with van der Waals surface area (Å²) < 4.78 is 6.68. The van der Waals surface area contributed by atoms with E-state index < -0.39 is 5.97 Å². The molecule has 2 rings (SSSR count). The van der Waals surface area contributed by atoms with Crippen molar-refractivity contribution in [2.24, 2.45) is 7.05 Å². The van der Waals surface area contributed by atoms with Gasteiger partial charge in [0, 0.05) is 18.3 Å².